The van der Waals surface area contributed by atoms with E-state index in [4.69, 9.17) is 10.5 Å². The molecular weight excluding hydrogens is 254 g/mol. The van der Waals surface area contributed by atoms with Crippen LogP contribution in [0, 0.1) is 6.92 Å². The third-order valence-electron chi connectivity index (χ3n) is 3.68. The number of nitrogens with two attached hydrogens (primary N) is 1. The molecule has 0 unspecified atom stereocenters. The number of anilines is 2. The molecule has 0 bridgehead atoms. The molecule has 1 fully saturated rings. The van der Waals surface area contributed by atoms with E-state index in [0.717, 1.165) is 17.8 Å². The average Bonchev–Trinajstić information content (AvgIpc) is 2.35. The topological polar surface area (TPSA) is 67.6 Å². The summed E-state index contributed by atoms with van der Waals surface area (Å²) in [5.74, 6) is -0.00662. The van der Waals surface area contributed by atoms with Crippen molar-refractivity contribution in [1.82, 2.24) is 4.90 Å². The zero-order valence-electron chi connectivity index (χ0n) is 12.4. The van der Waals surface area contributed by atoms with Crippen LogP contribution in [0.25, 0.3) is 0 Å². The van der Waals surface area contributed by atoms with Crippen LogP contribution >= 0.6 is 0 Å². The minimum atomic E-state index is -0.105. The molecule has 5 nitrogen and oxygen atoms in total. The van der Waals surface area contributed by atoms with Gasteiger partial charge in [-0.1, -0.05) is 0 Å². The van der Waals surface area contributed by atoms with Gasteiger partial charge >= 0.3 is 0 Å². The number of nitrogen functional groups attached to an aromatic ring is 1. The molecule has 0 spiro atoms. The summed E-state index contributed by atoms with van der Waals surface area (Å²) in [5.41, 5.74) is 8.09. The van der Waals surface area contributed by atoms with Gasteiger partial charge in [-0.15, -0.1) is 0 Å². The van der Waals surface area contributed by atoms with Gasteiger partial charge in [-0.2, -0.15) is 0 Å². The van der Waals surface area contributed by atoms with E-state index in [2.05, 4.69) is 24.1 Å². The van der Waals surface area contributed by atoms with Crippen molar-refractivity contribution in [3.8, 4) is 0 Å². The van der Waals surface area contributed by atoms with Crippen molar-refractivity contribution in [3.05, 3.63) is 23.8 Å². The van der Waals surface area contributed by atoms with Crippen LogP contribution in [0.1, 0.15) is 19.4 Å². The Hall–Kier alpha value is -1.59. The highest BCUT2D eigenvalue weighted by Crippen LogP contribution is 2.20. The standard InChI is InChI=1S/C15H23N3O2/c1-11-8-12(16)4-5-13(11)17-14(19)9-18-6-7-20-10-15(18,2)3/h4-5,8H,6-7,9-10,16H2,1-3H3,(H,17,19). The molecule has 0 aromatic heterocycles. The number of rotatable bonds is 3. The van der Waals surface area contributed by atoms with Gasteiger partial charge in [0, 0.05) is 23.5 Å². The number of benzene rings is 1. The molecule has 1 aliphatic heterocycles. The van der Waals surface area contributed by atoms with Crippen LogP contribution in [0.5, 0.6) is 0 Å². The van der Waals surface area contributed by atoms with Crippen LogP contribution in [-0.2, 0) is 9.53 Å². The molecule has 20 heavy (non-hydrogen) atoms. The molecule has 5 heteroatoms. The first kappa shape index (κ1) is 14.8. The van der Waals surface area contributed by atoms with E-state index in [0.29, 0.717) is 25.4 Å². The molecule has 1 heterocycles. The Morgan fingerprint density at radius 1 is 1.50 bits per heavy atom. The van der Waals surface area contributed by atoms with Crippen molar-refractivity contribution in [3.63, 3.8) is 0 Å². The molecule has 2 rings (SSSR count). The molecule has 0 atom stereocenters. The summed E-state index contributed by atoms with van der Waals surface area (Å²) in [6.45, 7) is 8.60. The van der Waals surface area contributed by atoms with Crippen LogP contribution in [0.4, 0.5) is 11.4 Å². The number of hydrogen-bond donors (Lipinski definition) is 2. The van der Waals surface area contributed by atoms with Gasteiger partial charge in [0.05, 0.1) is 19.8 Å². The molecular formula is C15H23N3O2. The number of ether oxygens (including phenoxy) is 1. The molecule has 1 aliphatic rings. The predicted molar refractivity (Wildman–Crippen MR) is 80.7 cm³/mol. The summed E-state index contributed by atoms with van der Waals surface area (Å²) in [6, 6.07) is 5.49. The number of morpholine rings is 1. The molecule has 3 N–H and O–H groups in total. The first-order chi connectivity index (χ1) is 9.38. The fourth-order valence-electron chi connectivity index (χ4n) is 2.37. The summed E-state index contributed by atoms with van der Waals surface area (Å²) in [4.78, 5) is 14.3. The third kappa shape index (κ3) is 3.49. The Labute approximate surface area is 120 Å². The van der Waals surface area contributed by atoms with Crippen molar-refractivity contribution in [2.75, 3.05) is 37.4 Å². The lowest BCUT2D eigenvalue weighted by atomic mass is 10.0. The number of hydrogen-bond acceptors (Lipinski definition) is 4. The largest absolute Gasteiger partial charge is 0.399 e. The van der Waals surface area contributed by atoms with E-state index in [1.165, 1.54) is 0 Å². The Morgan fingerprint density at radius 3 is 2.90 bits per heavy atom. The van der Waals surface area contributed by atoms with Crippen LogP contribution in [0.3, 0.4) is 0 Å². The summed E-state index contributed by atoms with van der Waals surface area (Å²) in [6.07, 6.45) is 0. The van der Waals surface area contributed by atoms with Crippen LogP contribution in [0.2, 0.25) is 0 Å². The Kier molecular flexibility index (Phi) is 4.30. The smallest absolute Gasteiger partial charge is 0.238 e. The van der Waals surface area contributed by atoms with Gasteiger partial charge in [0.25, 0.3) is 0 Å². The normalized spacial score (nSPS) is 18.8. The molecule has 0 radical (unpaired) electrons. The van der Waals surface area contributed by atoms with Gasteiger partial charge in [-0.05, 0) is 44.5 Å². The summed E-state index contributed by atoms with van der Waals surface area (Å²) in [7, 11) is 0. The van der Waals surface area contributed by atoms with Crippen LogP contribution in [0.15, 0.2) is 18.2 Å². The lowest BCUT2D eigenvalue weighted by Gasteiger charge is -2.41. The van der Waals surface area contributed by atoms with Gasteiger partial charge in [-0.3, -0.25) is 9.69 Å². The second kappa shape index (κ2) is 5.81. The second-order valence-electron chi connectivity index (χ2n) is 5.91. The predicted octanol–water partition coefficient (Wildman–Crippen LogP) is 1.63. The zero-order chi connectivity index (χ0) is 14.8. The van der Waals surface area contributed by atoms with E-state index in [-0.39, 0.29) is 11.4 Å². The zero-order valence-corrected chi connectivity index (χ0v) is 12.4. The molecule has 1 aromatic rings. The quantitative estimate of drug-likeness (QED) is 0.824. The van der Waals surface area contributed by atoms with Crippen molar-refractivity contribution >= 4 is 17.3 Å². The number of nitrogens with one attached hydrogen (secondary N) is 1. The van der Waals surface area contributed by atoms with Gasteiger partial charge in [0.1, 0.15) is 0 Å². The minimum absolute atomic E-state index is 0.00662. The summed E-state index contributed by atoms with van der Waals surface area (Å²) >= 11 is 0. The monoisotopic (exact) mass is 277 g/mol. The summed E-state index contributed by atoms with van der Waals surface area (Å²) < 4.78 is 5.46. The highest BCUT2D eigenvalue weighted by atomic mass is 16.5. The SMILES string of the molecule is Cc1cc(N)ccc1NC(=O)CN1CCOCC1(C)C. The van der Waals surface area contributed by atoms with E-state index in [9.17, 15) is 4.79 Å². The fourth-order valence-corrected chi connectivity index (χ4v) is 2.37. The number of amides is 1. The third-order valence-corrected chi connectivity index (χ3v) is 3.68. The first-order valence-electron chi connectivity index (χ1n) is 6.87. The van der Waals surface area contributed by atoms with Gasteiger partial charge < -0.3 is 15.8 Å². The molecule has 1 saturated heterocycles. The van der Waals surface area contributed by atoms with E-state index >= 15 is 0 Å². The first-order valence-corrected chi connectivity index (χ1v) is 6.87. The molecule has 110 valence electrons. The number of nitrogens with zero attached hydrogens (tertiary/aromatic N) is 1. The van der Waals surface area contributed by atoms with Gasteiger partial charge in [0.15, 0.2) is 0 Å². The Balaban J connectivity index is 1.98. The average molecular weight is 277 g/mol. The molecule has 0 saturated carbocycles. The van der Waals surface area contributed by atoms with Gasteiger partial charge in [-0.25, -0.2) is 0 Å². The second-order valence-corrected chi connectivity index (χ2v) is 5.91. The summed E-state index contributed by atoms with van der Waals surface area (Å²) in [5, 5.41) is 2.95. The van der Waals surface area contributed by atoms with Crippen molar-refractivity contribution in [2.45, 2.75) is 26.3 Å². The number of carbonyl (C=O) groups is 1. The van der Waals surface area contributed by atoms with Crippen molar-refractivity contribution in [1.29, 1.82) is 0 Å². The van der Waals surface area contributed by atoms with E-state index < -0.39 is 0 Å². The maximum atomic E-state index is 12.2. The van der Waals surface area contributed by atoms with Gasteiger partial charge in [0.2, 0.25) is 5.91 Å². The van der Waals surface area contributed by atoms with Crippen molar-refractivity contribution < 1.29 is 9.53 Å². The number of aryl methyl sites for hydroxylation is 1. The molecule has 1 aromatic carbocycles. The Morgan fingerprint density at radius 2 is 2.25 bits per heavy atom. The minimum Gasteiger partial charge on any atom is -0.399 e. The highest BCUT2D eigenvalue weighted by molar-refractivity contribution is 5.93. The molecule has 1 amide bonds. The molecule has 0 aliphatic carbocycles. The van der Waals surface area contributed by atoms with E-state index in [1.54, 1.807) is 6.07 Å². The lowest BCUT2D eigenvalue weighted by molar-refractivity contribution is -0.122. The van der Waals surface area contributed by atoms with Crippen LogP contribution < -0.4 is 11.1 Å². The number of carbonyl (C=O) groups excluding carboxylic acids is 1. The Bertz CT molecular complexity index is 500. The van der Waals surface area contributed by atoms with Crippen molar-refractivity contribution in [2.24, 2.45) is 0 Å². The van der Waals surface area contributed by atoms with E-state index in [1.807, 2.05) is 19.1 Å². The maximum absolute atomic E-state index is 12.2. The fraction of sp³-hybridized carbons (Fsp3) is 0.533. The lowest BCUT2D eigenvalue weighted by Crippen LogP contribution is -2.55. The maximum Gasteiger partial charge on any atom is 0.238 e. The van der Waals surface area contributed by atoms with Crippen LogP contribution in [-0.4, -0.2) is 42.6 Å². The highest BCUT2D eigenvalue weighted by Gasteiger charge is 2.31.